The summed E-state index contributed by atoms with van der Waals surface area (Å²) in [5.74, 6) is -1.24. The first-order valence-corrected chi connectivity index (χ1v) is 12.1. The van der Waals surface area contributed by atoms with Crippen LogP contribution in [0.4, 0.5) is 0 Å². The van der Waals surface area contributed by atoms with E-state index in [-0.39, 0.29) is 44.4 Å². The van der Waals surface area contributed by atoms with Crippen molar-refractivity contribution in [2.45, 2.75) is 83.2 Å². The van der Waals surface area contributed by atoms with Crippen molar-refractivity contribution in [3.8, 4) is 0 Å². The Balaban J connectivity index is 2.50. The van der Waals surface area contributed by atoms with Crippen LogP contribution in [0.3, 0.4) is 0 Å². The van der Waals surface area contributed by atoms with Crippen LogP contribution in [-0.2, 0) is 35.6 Å². The molecule has 0 aliphatic carbocycles. The highest BCUT2D eigenvalue weighted by molar-refractivity contribution is 5.81. The molecule has 8 heteroatoms. The number of hydrogen-bond donors (Lipinski definition) is 3. The molecule has 1 aliphatic heterocycles. The molecule has 0 saturated heterocycles. The average Bonchev–Trinajstić information content (AvgIpc) is 2.81. The summed E-state index contributed by atoms with van der Waals surface area (Å²) in [7, 11) is 1.41. The second kappa shape index (κ2) is 13.3. The molecule has 2 bridgehead atoms. The third-order valence-electron chi connectivity index (χ3n) is 6.75. The Morgan fingerprint density at radius 2 is 1.94 bits per heavy atom. The molecule has 1 aliphatic rings. The van der Waals surface area contributed by atoms with Gasteiger partial charge >= 0.3 is 5.97 Å². The fraction of sp³-hybridized carbons (Fsp3) is 0.630. The summed E-state index contributed by atoms with van der Waals surface area (Å²) in [4.78, 5) is 26.1. The number of fused-ring (bicyclic) bond motifs is 2. The summed E-state index contributed by atoms with van der Waals surface area (Å²) < 4.78 is 16.1. The predicted octanol–water partition coefficient (Wildman–Crippen LogP) is 2.46. The van der Waals surface area contributed by atoms with Gasteiger partial charge in [-0.1, -0.05) is 51.1 Å². The van der Waals surface area contributed by atoms with Crippen molar-refractivity contribution in [2.75, 3.05) is 20.5 Å². The molecule has 1 heterocycles. The van der Waals surface area contributed by atoms with Crippen molar-refractivity contribution in [1.82, 2.24) is 0 Å². The molecule has 2 rings (SSSR count). The van der Waals surface area contributed by atoms with Crippen molar-refractivity contribution >= 4 is 11.8 Å². The van der Waals surface area contributed by atoms with Crippen LogP contribution in [0.5, 0.6) is 0 Å². The molecule has 0 fully saturated rings. The van der Waals surface area contributed by atoms with Gasteiger partial charge in [0.15, 0.2) is 6.10 Å². The standard InChI is InChI=1S/C27H40O8/c1-6-18(15-28)10-17(2)23-13-21(29)14-24(31)27(3,4)20-9-7-8-19(11-20)12-22(30)25(26(32)35-23)34-16-33-5/h7-11,18,22-25,28,30-31H,6,12-16H2,1-5H3/b17-10-/t18-,22-,23?,24+,25+/m1/s1. The smallest absolute Gasteiger partial charge is 0.338 e. The van der Waals surface area contributed by atoms with Gasteiger partial charge in [-0.15, -0.1) is 0 Å². The molecular formula is C27H40O8. The maximum atomic E-state index is 13.1. The SMILES string of the molecule is CC[C@H](/C=C(/C)C1CC(=O)C[C@H](O)C(C)(C)c2cccc(c2)C[C@@H](O)[C@H](OCOC)C(=O)O1)CO. The Labute approximate surface area is 207 Å². The molecule has 8 nitrogen and oxygen atoms in total. The lowest BCUT2D eigenvalue weighted by atomic mass is 9.76. The number of ether oxygens (including phenoxy) is 3. The molecule has 0 aromatic heterocycles. The average molecular weight is 493 g/mol. The van der Waals surface area contributed by atoms with Crippen LogP contribution in [0.2, 0.25) is 0 Å². The second-order valence-corrected chi connectivity index (χ2v) is 9.84. The third kappa shape index (κ3) is 7.95. The molecule has 0 radical (unpaired) electrons. The molecule has 1 aromatic rings. The summed E-state index contributed by atoms with van der Waals surface area (Å²) in [6.45, 7) is 7.09. The number of methoxy groups -OCH3 is 1. The van der Waals surface area contributed by atoms with E-state index < -0.39 is 35.8 Å². The summed E-state index contributed by atoms with van der Waals surface area (Å²) in [5.41, 5.74) is 1.45. The zero-order chi connectivity index (χ0) is 26.2. The fourth-order valence-corrected chi connectivity index (χ4v) is 4.16. The maximum Gasteiger partial charge on any atom is 0.338 e. The normalized spacial score (nSPS) is 27.1. The van der Waals surface area contributed by atoms with Crippen LogP contribution in [0.1, 0.15) is 58.1 Å². The van der Waals surface area contributed by atoms with Crippen molar-refractivity contribution in [3.63, 3.8) is 0 Å². The topological polar surface area (TPSA) is 123 Å². The first-order chi connectivity index (χ1) is 16.5. The van der Waals surface area contributed by atoms with Crippen LogP contribution in [0, 0.1) is 5.92 Å². The zero-order valence-electron chi connectivity index (χ0n) is 21.4. The van der Waals surface area contributed by atoms with Gasteiger partial charge in [0.1, 0.15) is 18.7 Å². The molecule has 0 spiro atoms. The lowest BCUT2D eigenvalue weighted by molar-refractivity contribution is -0.180. The van der Waals surface area contributed by atoms with Crippen LogP contribution >= 0.6 is 0 Å². The summed E-state index contributed by atoms with van der Waals surface area (Å²) >= 11 is 0. The fourth-order valence-electron chi connectivity index (χ4n) is 4.16. The van der Waals surface area contributed by atoms with Gasteiger partial charge in [0.05, 0.1) is 12.2 Å². The van der Waals surface area contributed by atoms with Crippen LogP contribution in [-0.4, -0.2) is 72.0 Å². The number of esters is 1. The minimum atomic E-state index is -1.33. The van der Waals surface area contributed by atoms with Crippen LogP contribution in [0.15, 0.2) is 35.9 Å². The summed E-state index contributed by atoms with van der Waals surface area (Å²) in [6, 6.07) is 7.37. The number of hydrogen-bond acceptors (Lipinski definition) is 8. The van der Waals surface area contributed by atoms with E-state index in [4.69, 9.17) is 14.2 Å². The summed E-state index contributed by atoms with van der Waals surface area (Å²) in [5, 5.41) is 31.5. The van der Waals surface area contributed by atoms with E-state index in [1.54, 1.807) is 13.0 Å². The van der Waals surface area contributed by atoms with E-state index in [9.17, 15) is 24.9 Å². The highest BCUT2D eigenvalue weighted by atomic mass is 16.7. The van der Waals surface area contributed by atoms with Crippen LogP contribution < -0.4 is 0 Å². The monoisotopic (exact) mass is 492 g/mol. The molecule has 0 amide bonds. The zero-order valence-corrected chi connectivity index (χ0v) is 21.4. The Morgan fingerprint density at radius 3 is 2.57 bits per heavy atom. The van der Waals surface area contributed by atoms with E-state index in [0.717, 1.165) is 11.1 Å². The quantitative estimate of drug-likeness (QED) is 0.301. The minimum Gasteiger partial charge on any atom is -0.455 e. The van der Waals surface area contributed by atoms with E-state index in [1.165, 1.54) is 7.11 Å². The van der Waals surface area contributed by atoms with Crippen molar-refractivity contribution in [2.24, 2.45) is 5.92 Å². The van der Waals surface area contributed by atoms with Gasteiger partial charge in [-0.05, 0) is 30.0 Å². The molecule has 35 heavy (non-hydrogen) atoms. The highest BCUT2D eigenvalue weighted by Crippen LogP contribution is 2.31. The minimum absolute atomic E-state index is 0.0780. The lowest BCUT2D eigenvalue weighted by Gasteiger charge is -2.32. The molecule has 0 saturated carbocycles. The highest BCUT2D eigenvalue weighted by Gasteiger charge is 2.36. The molecule has 196 valence electrons. The van der Waals surface area contributed by atoms with E-state index in [0.29, 0.717) is 12.0 Å². The number of carbonyl (C=O) groups excluding carboxylic acids is 2. The van der Waals surface area contributed by atoms with Gasteiger partial charge in [0, 0.05) is 44.3 Å². The number of Topliss-reactive ketones (excluding diaryl/α,β-unsaturated/α-hetero) is 1. The van der Waals surface area contributed by atoms with Gasteiger partial charge in [0.2, 0.25) is 0 Å². The second-order valence-electron chi connectivity index (χ2n) is 9.84. The number of cyclic esters (lactones) is 1. The summed E-state index contributed by atoms with van der Waals surface area (Å²) in [6.07, 6.45) is -2.12. The lowest BCUT2D eigenvalue weighted by Crippen LogP contribution is -2.42. The number of carbonyl (C=O) groups is 2. The number of ketones is 1. The Morgan fingerprint density at radius 1 is 1.23 bits per heavy atom. The Bertz CT molecular complexity index is 874. The number of aliphatic hydroxyl groups excluding tert-OH is 3. The van der Waals surface area contributed by atoms with E-state index in [2.05, 4.69) is 0 Å². The number of rotatable bonds is 7. The first kappa shape index (κ1) is 29.1. The Hall–Kier alpha value is -2.10. The molecule has 1 unspecified atom stereocenters. The number of aliphatic hydroxyl groups is 3. The Kier molecular flexibility index (Phi) is 11.0. The largest absolute Gasteiger partial charge is 0.455 e. The molecular weight excluding hydrogens is 452 g/mol. The first-order valence-electron chi connectivity index (χ1n) is 12.1. The van der Waals surface area contributed by atoms with Gasteiger partial charge in [0.25, 0.3) is 0 Å². The molecule has 5 atom stereocenters. The molecule has 1 aromatic carbocycles. The van der Waals surface area contributed by atoms with Gasteiger partial charge in [-0.25, -0.2) is 4.79 Å². The maximum absolute atomic E-state index is 13.1. The molecule has 3 N–H and O–H groups in total. The number of benzene rings is 1. The third-order valence-corrected chi connectivity index (χ3v) is 6.75. The van der Waals surface area contributed by atoms with E-state index in [1.807, 2.05) is 45.0 Å². The van der Waals surface area contributed by atoms with Gasteiger partial charge in [-0.3, -0.25) is 4.79 Å². The van der Waals surface area contributed by atoms with Gasteiger partial charge < -0.3 is 29.5 Å². The predicted molar refractivity (Wildman–Crippen MR) is 131 cm³/mol. The van der Waals surface area contributed by atoms with Crippen molar-refractivity contribution < 1.29 is 39.1 Å². The van der Waals surface area contributed by atoms with Crippen molar-refractivity contribution in [3.05, 3.63) is 47.0 Å². The van der Waals surface area contributed by atoms with Crippen LogP contribution in [0.25, 0.3) is 0 Å². The van der Waals surface area contributed by atoms with Crippen molar-refractivity contribution in [1.29, 1.82) is 0 Å². The van der Waals surface area contributed by atoms with E-state index >= 15 is 0 Å². The van der Waals surface area contributed by atoms with Gasteiger partial charge in [-0.2, -0.15) is 0 Å².